The molecule has 0 fully saturated rings. The fourth-order valence-corrected chi connectivity index (χ4v) is 3.27. The van der Waals surface area contributed by atoms with Crippen LogP contribution in [0.2, 0.25) is 0 Å². The molecule has 0 saturated carbocycles. The van der Waals surface area contributed by atoms with Crippen molar-refractivity contribution in [1.29, 1.82) is 0 Å². The number of carbonyl (C=O) groups is 2. The monoisotopic (exact) mass is 393 g/mol. The highest BCUT2D eigenvalue weighted by atomic mass is 19.1. The third kappa shape index (κ3) is 2.96. The average molecular weight is 393 g/mol. The topological polar surface area (TPSA) is 131 Å². The van der Waals surface area contributed by atoms with Crippen LogP contribution in [0.3, 0.4) is 0 Å². The van der Waals surface area contributed by atoms with Crippen molar-refractivity contribution in [2.45, 2.75) is 0 Å². The molecule has 0 radical (unpaired) electrons. The fraction of sp³-hybridized carbons (Fsp3) is 0. The molecule has 0 aromatic heterocycles. The Hall–Kier alpha value is -4.20. The van der Waals surface area contributed by atoms with Crippen LogP contribution in [0.5, 0.6) is 0 Å². The molecule has 2 aliphatic rings. The number of hydrogen-bond donors (Lipinski definition) is 3. The van der Waals surface area contributed by atoms with Crippen molar-refractivity contribution in [2.75, 3.05) is 5.73 Å². The summed E-state index contributed by atoms with van der Waals surface area (Å²) in [6.07, 6.45) is 0. The normalized spacial score (nSPS) is 11.1. The van der Waals surface area contributed by atoms with Crippen molar-refractivity contribution in [3.8, 4) is 22.5 Å². The van der Waals surface area contributed by atoms with Crippen molar-refractivity contribution in [1.82, 2.24) is 0 Å². The van der Waals surface area contributed by atoms with Gasteiger partial charge in [0.05, 0.1) is 16.8 Å². The van der Waals surface area contributed by atoms with Gasteiger partial charge in [-0.25, -0.2) is 14.0 Å². The van der Waals surface area contributed by atoms with E-state index in [1.807, 2.05) is 0 Å². The van der Waals surface area contributed by atoms with E-state index >= 15 is 0 Å². The van der Waals surface area contributed by atoms with E-state index in [1.54, 1.807) is 0 Å². The molecular weight excluding hydrogens is 381 g/mol. The third-order valence-electron chi connectivity index (χ3n) is 4.58. The van der Waals surface area contributed by atoms with Crippen molar-refractivity contribution in [2.24, 2.45) is 0 Å². The summed E-state index contributed by atoms with van der Waals surface area (Å²) in [6.45, 7) is 0. The maximum absolute atomic E-state index is 14.2. The van der Waals surface area contributed by atoms with Gasteiger partial charge in [-0.3, -0.25) is 4.79 Å². The molecule has 7 nitrogen and oxygen atoms in total. The molecule has 1 aliphatic carbocycles. The molecule has 2 aromatic rings. The Morgan fingerprint density at radius 2 is 1.66 bits per heavy atom. The molecule has 29 heavy (non-hydrogen) atoms. The molecule has 0 saturated heterocycles. The Balaban J connectivity index is 2.20. The lowest BCUT2D eigenvalue weighted by Crippen LogP contribution is -2.06. The fourth-order valence-electron chi connectivity index (χ4n) is 3.27. The SMILES string of the molecule is Nc1cc2oc3cc(=O)ccc-3c(-c3ccc(C(=O)O)cc3C(=O)O)c2cc1F. The Morgan fingerprint density at radius 3 is 2.34 bits per heavy atom. The highest BCUT2D eigenvalue weighted by Gasteiger charge is 2.23. The van der Waals surface area contributed by atoms with Crippen LogP contribution in [0, 0.1) is 5.82 Å². The lowest BCUT2D eigenvalue weighted by molar-refractivity contribution is 0.0696. The van der Waals surface area contributed by atoms with Crippen molar-refractivity contribution in [3.63, 3.8) is 0 Å². The van der Waals surface area contributed by atoms with Crippen molar-refractivity contribution >= 4 is 28.6 Å². The van der Waals surface area contributed by atoms with E-state index in [1.165, 1.54) is 36.4 Å². The maximum Gasteiger partial charge on any atom is 0.336 e. The van der Waals surface area contributed by atoms with Crippen molar-refractivity contribution in [3.05, 3.63) is 75.7 Å². The van der Waals surface area contributed by atoms with E-state index < -0.39 is 17.8 Å². The summed E-state index contributed by atoms with van der Waals surface area (Å²) in [6, 6.07) is 9.92. The highest BCUT2D eigenvalue weighted by molar-refractivity contribution is 6.08. The minimum absolute atomic E-state index is 0.149. The molecule has 0 atom stereocenters. The second-order valence-electron chi connectivity index (χ2n) is 6.38. The largest absolute Gasteiger partial charge is 0.478 e. The zero-order chi connectivity index (χ0) is 20.9. The van der Waals surface area contributed by atoms with Gasteiger partial charge in [-0.1, -0.05) is 6.07 Å². The minimum atomic E-state index is -1.36. The van der Waals surface area contributed by atoms with E-state index in [-0.39, 0.29) is 50.1 Å². The first-order valence-corrected chi connectivity index (χ1v) is 8.33. The lowest BCUT2D eigenvalue weighted by atomic mass is 9.90. The van der Waals surface area contributed by atoms with Crippen LogP contribution < -0.4 is 11.2 Å². The molecule has 2 aromatic carbocycles. The van der Waals surface area contributed by atoms with Gasteiger partial charge < -0.3 is 20.4 Å². The van der Waals surface area contributed by atoms with Crippen LogP contribution >= 0.6 is 0 Å². The van der Waals surface area contributed by atoms with Gasteiger partial charge in [0.2, 0.25) is 0 Å². The average Bonchev–Trinajstić information content (AvgIpc) is 2.67. The summed E-state index contributed by atoms with van der Waals surface area (Å²) in [7, 11) is 0. The van der Waals surface area contributed by atoms with E-state index in [2.05, 4.69) is 0 Å². The van der Waals surface area contributed by atoms with Gasteiger partial charge in [0.15, 0.2) is 5.43 Å². The smallest absolute Gasteiger partial charge is 0.336 e. The Morgan fingerprint density at radius 1 is 0.931 bits per heavy atom. The maximum atomic E-state index is 14.2. The van der Waals surface area contributed by atoms with Gasteiger partial charge in [-0.15, -0.1) is 0 Å². The Bertz CT molecular complexity index is 1360. The standard InChI is InChI=1S/C21H12FNO6/c22-15-7-14-18(8-16(15)23)29-17-6-10(24)2-4-12(17)19(14)11-3-1-9(20(25)26)5-13(11)21(27)28/h1-8H,23H2,(H,25,26)(H,27,28). The summed E-state index contributed by atoms with van der Waals surface area (Å²) >= 11 is 0. The van der Waals surface area contributed by atoms with Gasteiger partial charge in [0.25, 0.3) is 0 Å². The summed E-state index contributed by atoms with van der Waals surface area (Å²) < 4.78 is 19.9. The highest BCUT2D eigenvalue weighted by Crippen LogP contribution is 2.42. The van der Waals surface area contributed by atoms with Crippen molar-refractivity contribution < 1.29 is 28.6 Å². The van der Waals surface area contributed by atoms with E-state index in [9.17, 15) is 29.0 Å². The summed E-state index contributed by atoms with van der Waals surface area (Å²) in [5, 5.41) is 19.1. The number of nitrogens with two attached hydrogens (primary N) is 1. The lowest BCUT2D eigenvalue weighted by Gasteiger charge is -2.17. The van der Waals surface area contributed by atoms with Crippen LogP contribution in [-0.2, 0) is 0 Å². The first kappa shape index (κ1) is 18.2. The number of anilines is 1. The van der Waals surface area contributed by atoms with E-state index in [0.29, 0.717) is 5.56 Å². The summed E-state index contributed by atoms with van der Waals surface area (Å²) in [5.41, 5.74) is 5.57. The zero-order valence-corrected chi connectivity index (χ0v) is 14.6. The molecule has 0 bridgehead atoms. The molecule has 4 rings (SSSR count). The van der Waals surface area contributed by atoms with Gasteiger partial charge in [0, 0.05) is 28.6 Å². The molecule has 4 N–H and O–H groups in total. The number of carboxylic acids is 2. The number of rotatable bonds is 3. The summed E-state index contributed by atoms with van der Waals surface area (Å²) in [4.78, 5) is 34.9. The molecule has 1 aliphatic heterocycles. The molecule has 0 unspecified atom stereocenters. The van der Waals surface area contributed by atoms with E-state index in [4.69, 9.17) is 10.2 Å². The Labute approximate surface area is 161 Å². The molecule has 144 valence electrons. The number of benzene rings is 3. The first-order valence-electron chi connectivity index (χ1n) is 8.33. The second-order valence-corrected chi connectivity index (χ2v) is 6.38. The molecule has 0 amide bonds. The van der Waals surface area contributed by atoms with Crippen LogP contribution in [0.1, 0.15) is 20.7 Å². The van der Waals surface area contributed by atoms with Gasteiger partial charge >= 0.3 is 11.9 Å². The van der Waals surface area contributed by atoms with Crippen LogP contribution in [0.15, 0.2) is 57.7 Å². The predicted octanol–water partition coefficient (Wildman–Crippen LogP) is 3.68. The molecule has 0 spiro atoms. The zero-order valence-electron chi connectivity index (χ0n) is 14.6. The van der Waals surface area contributed by atoms with Crippen LogP contribution in [-0.4, -0.2) is 22.2 Å². The van der Waals surface area contributed by atoms with Crippen LogP contribution in [0.4, 0.5) is 10.1 Å². The number of aromatic carboxylic acids is 2. The second kappa shape index (κ2) is 6.45. The quantitative estimate of drug-likeness (QED) is 0.357. The Kier molecular flexibility index (Phi) is 4.04. The first-order chi connectivity index (χ1) is 13.8. The number of carboxylic acid groups (broad SMARTS) is 2. The third-order valence-corrected chi connectivity index (χ3v) is 4.58. The molecule has 1 heterocycles. The number of halogens is 1. The van der Waals surface area contributed by atoms with Gasteiger partial charge in [0.1, 0.15) is 17.2 Å². The van der Waals surface area contributed by atoms with Crippen LogP contribution in [0.25, 0.3) is 33.4 Å². The predicted molar refractivity (Wildman–Crippen MR) is 103 cm³/mol. The van der Waals surface area contributed by atoms with Gasteiger partial charge in [-0.2, -0.15) is 0 Å². The minimum Gasteiger partial charge on any atom is -0.478 e. The number of nitrogen functional groups attached to an aromatic ring is 1. The van der Waals surface area contributed by atoms with Gasteiger partial charge in [-0.05, 0) is 35.9 Å². The molecule has 8 heteroatoms. The molecular formula is C21H12FNO6. The summed E-state index contributed by atoms with van der Waals surface area (Å²) in [5.74, 6) is -3.22. The number of fused-ring (bicyclic) bond motifs is 2. The van der Waals surface area contributed by atoms with E-state index in [0.717, 1.165) is 12.1 Å². The number of hydrogen-bond acceptors (Lipinski definition) is 5.